The van der Waals surface area contributed by atoms with Crippen molar-refractivity contribution in [3.05, 3.63) is 179 Å². The Labute approximate surface area is 281 Å². The molecule has 48 heavy (non-hydrogen) atoms. The second kappa shape index (κ2) is 11.1. The Hall–Kier alpha value is -5.41. The molecule has 1 aliphatic heterocycles. The van der Waals surface area contributed by atoms with Gasteiger partial charge in [0.15, 0.2) is 0 Å². The normalized spacial score (nSPS) is 22.0. The van der Waals surface area contributed by atoms with Gasteiger partial charge in [0, 0.05) is 53.2 Å². The summed E-state index contributed by atoms with van der Waals surface area (Å²) in [5.74, 6) is 3.98. The summed E-state index contributed by atoms with van der Waals surface area (Å²) in [5.41, 5.74) is 12.6. The first-order valence-corrected chi connectivity index (χ1v) is 17.4. The fraction of sp³-hybridized carbons (Fsp3) is 0.178. The molecular formula is C45H36N2O. The highest BCUT2D eigenvalue weighted by Gasteiger charge is 2.36. The Morgan fingerprint density at radius 3 is 2.44 bits per heavy atom. The summed E-state index contributed by atoms with van der Waals surface area (Å²) in [5, 5.41) is 1.20. The maximum absolute atomic E-state index is 7.00. The highest BCUT2D eigenvalue weighted by atomic mass is 16.5. The van der Waals surface area contributed by atoms with E-state index in [1.165, 1.54) is 68.5 Å². The summed E-state index contributed by atoms with van der Waals surface area (Å²) < 4.78 is 9.46. The first kappa shape index (κ1) is 27.7. The number of fused-ring (bicyclic) bond motifs is 7. The predicted molar refractivity (Wildman–Crippen MR) is 195 cm³/mol. The molecule has 10 rings (SSSR count). The summed E-state index contributed by atoms with van der Waals surface area (Å²) >= 11 is 0. The zero-order valence-electron chi connectivity index (χ0n) is 26.8. The minimum atomic E-state index is 0.133. The van der Waals surface area contributed by atoms with Crippen LogP contribution in [0.3, 0.4) is 0 Å². The van der Waals surface area contributed by atoms with E-state index >= 15 is 0 Å². The number of allylic oxidation sites excluding steroid dienone is 5. The van der Waals surface area contributed by atoms with Crippen LogP contribution in [0.1, 0.15) is 63.9 Å². The number of aromatic nitrogens is 2. The number of ether oxygens (including phenoxy) is 1. The lowest BCUT2D eigenvalue weighted by molar-refractivity contribution is 0.463. The van der Waals surface area contributed by atoms with Crippen LogP contribution in [0, 0.1) is 11.8 Å². The Bertz CT molecular complexity index is 2280. The number of hydrogen-bond acceptors (Lipinski definition) is 2. The third-order valence-corrected chi connectivity index (χ3v) is 11.2. The maximum Gasteiger partial charge on any atom is 0.140 e. The monoisotopic (exact) mass is 620 g/mol. The van der Waals surface area contributed by atoms with Crippen LogP contribution in [0.15, 0.2) is 140 Å². The molecule has 4 atom stereocenters. The zero-order valence-corrected chi connectivity index (χ0v) is 26.8. The van der Waals surface area contributed by atoms with E-state index in [0.717, 1.165) is 30.0 Å². The lowest BCUT2D eigenvalue weighted by Gasteiger charge is -2.27. The average Bonchev–Trinajstić information content (AvgIpc) is 3.74. The highest BCUT2D eigenvalue weighted by Crippen LogP contribution is 2.51. The van der Waals surface area contributed by atoms with Gasteiger partial charge in [-0.25, -0.2) is 0 Å². The molecule has 0 bridgehead atoms. The van der Waals surface area contributed by atoms with Crippen molar-refractivity contribution in [1.82, 2.24) is 9.55 Å². The average molecular weight is 621 g/mol. The standard InChI is InChI=1S/C45H36N2O/c1-3-11-29(12-4-1)37-27-39-42(28-38(37)40-17-9-10-24-46-40)47(34-14-5-2-6-15-34)41-22-19-32-26-33-25-31(20-23-43(33)48-45(32)44(39)41)36-21-18-30-13-7-8-16-35(30)36/h1-17,19-20,22-25,27,30,35-36,38H,18,21,26,28H2. The molecule has 232 valence electrons. The van der Waals surface area contributed by atoms with Crippen LogP contribution in [0.25, 0.3) is 28.2 Å². The molecule has 4 unspecified atom stereocenters. The van der Waals surface area contributed by atoms with E-state index in [0.29, 0.717) is 17.8 Å². The number of pyridine rings is 1. The molecule has 4 aromatic carbocycles. The molecule has 3 heteroatoms. The smallest absolute Gasteiger partial charge is 0.140 e. The molecule has 1 saturated carbocycles. The van der Waals surface area contributed by atoms with Crippen LogP contribution >= 0.6 is 0 Å². The molecule has 3 nitrogen and oxygen atoms in total. The quantitative estimate of drug-likeness (QED) is 0.196. The van der Waals surface area contributed by atoms with Gasteiger partial charge in [-0.3, -0.25) is 4.98 Å². The molecular weight excluding hydrogens is 585 g/mol. The molecule has 2 aromatic heterocycles. The molecule has 3 heterocycles. The molecule has 6 aromatic rings. The van der Waals surface area contributed by atoms with Crippen LogP contribution in [-0.2, 0) is 12.8 Å². The van der Waals surface area contributed by atoms with Crippen molar-refractivity contribution in [3.63, 3.8) is 0 Å². The van der Waals surface area contributed by atoms with E-state index in [9.17, 15) is 0 Å². The number of hydrogen-bond donors (Lipinski definition) is 0. The Morgan fingerprint density at radius 2 is 1.58 bits per heavy atom. The Balaban J connectivity index is 1.14. The fourth-order valence-electron chi connectivity index (χ4n) is 9.00. The van der Waals surface area contributed by atoms with E-state index in [1.54, 1.807) is 0 Å². The van der Waals surface area contributed by atoms with Gasteiger partial charge in [0.2, 0.25) is 0 Å². The summed E-state index contributed by atoms with van der Waals surface area (Å²) in [7, 11) is 0. The summed E-state index contributed by atoms with van der Waals surface area (Å²) in [6.45, 7) is 0. The van der Waals surface area contributed by atoms with E-state index in [4.69, 9.17) is 9.72 Å². The van der Waals surface area contributed by atoms with Crippen molar-refractivity contribution in [2.75, 3.05) is 0 Å². The SMILES string of the molecule is C1=CC2CCC(c3ccc4c(c3)Cc3ccc5c(c6c(n5-c5ccccc5)CC(c5ccccn5)C(c5ccccc5)=C6)c3O4)C2C=C1. The lowest BCUT2D eigenvalue weighted by Crippen LogP contribution is -2.15. The van der Waals surface area contributed by atoms with Gasteiger partial charge in [-0.1, -0.05) is 97.1 Å². The number of benzene rings is 4. The van der Waals surface area contributed by atoms with Crippen LogP contribution in [0.5, 0.6) is 11.5 Å². The van der Waals surface area contributed by atoms with Crippen molar-refractivity contribution in [2.24, 2.45) is 11.8 Å². The molecule has 0 spiro atoms. The largest absolute Gasteiger partial charge is 0.456 e. The first-order chi connectivity index (χ1) is 23.8. The van der Waals surface area contributed by atoms with Gasteiger partial charge in [-0.15, -0.1) is 0 Å². The zero-order chi connectivity index (χ0) is 31.6. The van der Waals surface area contributed by atoms with Gasteiger partial charge < -0.3 is 9.30 Å². The lowest BCUT2D eigenvalue weighted by atomic mass is 9.80. The third kappa shape index (κ3) is 4.37. The predicted octanol–water partition coefficient (Wildman–Crippen LogP) is 10.8. The fourth-order valence-corrected chi connectivity index (χ4v) is 9.00. The minimum Gasteiger partial charge on any atom is -0.456 e. The van der Waals surface area contributed by atoms with Crippen molar-refractivity contribution in [1.29, 1.82) is 0 Å². The second-order valence-corrected chi connectivity index (χ2v) is 13.8. The molecule has 0 N–H and O–H groups in total. The van der Waals surface area contributed by atoms with Crippen LogP contribution < -0.4 is 4.74 Å². The van der Waals surface area contributed by atoms with Gasteiger partial charge in [0.1, 0.15) is 11.5 Å². The molecule has 4 aliphatic rings. The summed E-state index contributed by atoms with van der Waals surface area (Å²) in [6, 6.07) is 39.5. The number of rotatable bonds is 4. The van der Waals surface area contributed by atoms with Crippen molar-refractivity contribution >= 4 is 22.6 Å². The van der Waals surface area contributed by atoms with Crippen LogP contribution in [0.4, 0.5) is 0 Å². The Kier molecular flexibility index (Phi) is 6.40. The van der Waals surface area contributed by atoms with Gasteiger partial charge in [-0.05, 0) is 95.3 Å². The van der Waals surface area contributed by atoms with E-state index < -0.39 is 0 Å². The minimum absolute atomic E-state index is 0.133. The molecule has 3 aliphatic carbocycles. The third-order valence-electron chi connectivity index (χ3n) is 11.2. The van der Waals surface area contributed by atoms with Crippen molar-refractivity contribution < 1.29 is 4.74 Å². The second-order valence-electron chi connectivity index (χ2n) is 13.8. The summed E-state index contributed by atoms with van der Waals surface area (Å²) in [4.78, 5) is 4.88. The number of para-hydroxylation sites is 1. The van der Waals surface area contributed by atoms with E-state index in [-0.39, 0.29) is 5.92 Å². The molecule has 0 amide bonds. The topological polar surface area (TPSA) is 27.1 Å². The van der Waals surface area contributed by atoms with E-state index in [2.05, 4.69) is 138 Å². The van der Waals surface area contributed by atoms with Crippen LogP contribution in [-0.4, -0.2) is 9.55 Å². The van der Waals surface area contributed by atoms with Gasteiger partial charge >= 0.3 is 0 Å². The molecule has 0 saturated heterocycles. The van der Waals surface area contributed by atoms with Gasteiger partial charge in [-0.2, -0.15) is 0 Å². The number of nitrogens with zero attached hydrogens (tertiary/aromatic N) is 2. The first-order valence-electron chi connectivity index (χ1n) is 17.4. The maximum atomic E-state index is 7.00. The Morgan fingerprint density at radius 1 is 0.750 bits per heavy atom. The van der Waals surface area contributed by atoms with Crippen molar-refractivity contribution in [2.45, 2.75) is 37.5 Å². The van der Waals surface area contributed by atoms with Crippen molar-refractivity contribution in [3.8, 4) is 17.2 Å². The van der Waals surface area contributed by atoms with E-state index in [1.807, 2.05) is 12.3 Å². The van der Waals surface area contributed by atoms with Gasteiger partial charge in [0.05, 0.1) is 10.9 Å². The van der Waals surface area contributed by atoms with Gasteiger partial charge in [0.25, 0.3) is 0 Å². The highest BCUT2D eigenvalue weighted by molar-refractivity contribution is 6.04. The molecule has 1 fully saturated rings. The molecule has 0 radical (unpaired) electrons. The summed E-state index contributed by atoms with van der Waals surface area (Å²) in [6.07, 6.45) is 17.9. The van der Waals surface area contributed by atoms with Crippen LogP contribution in [0.2, 0.25) is 0 Å².